The highest BCUT2D eigenvalue weighted by molar-refractivity contribution is 5.98. The predicted octanol–water partition coefficient (Wildman–Crippen LogP) is 2.33. The van der Waals surface area contributed by atoms with E-state index in [1.807, 2.05) is 35.4 Å². The van der Waals surface area contributed by atoms with Crippen molar-refractivity contribution in [2.45, 2.75) is 43.4 Å². The third-order valence-corrected chi connectivity index (χ3v) is 6.05. The van der Waals surface area contributed by atoms with Crippen LogP contribution in [0.15, 0.2) is 30.5 Å². The topological polar surface area (TPSA) is 74.8 Å². The van der Waals surface area contributed by atoms with Crippen LogP contribution in [0.2, 0.25) is 0 Å². The molecule has 6 nitrogen and oxygen atoms in total. The van der Waals surface area contributed by atoms with Gasteiger partial charge >= 0.3 is 0 Å². The SMILES string of the molecule is CO[C@@]12CC[C@@H](OCCO)C[C@@H]1N(C(=O)c1ccc3cc[nH]c3c1)CC2. The molecule has 4 rings (SSSR count). The fourth-order valence-corrected chi connectivity index (χ4v) is 4.62. The molecule has 2 heterocycles. The molecule has 1 saturated heterocycles. The third kappa shape index (κ3) is 2.92. The molecule has 1 aromatic heterocycles. The Kier molecular flexibility index (Phi) is 4.73. The number of aliphatic hydroxyl groups excluding tert-OH is 1. The Morgan fingerprint density at radius 2 is 2.27 bits per heavy atom. The number of methoxy groups -OCH3 is 1. The van der Waals surface area contributed by atoms with Crippen molar-refractivity contribution in [2.75, 3.05) is 26.9 Å². The summed E-state index contributed by atoms with van der Waals surface area (Å²) < 4.78 is 11.7. The van der Waals surface area contributed by atoms with E-state index < -0.39 is 0 Å². The third-order valence-electron chi connectivity index (χ3n) is 6.05. The minimum absolute atomic E-state index is 0.0109. The molecule has 6 heteroatoms. The van der Waals surface area contributed by atoms with E-state index in [1.165, 1.54) is 0 Å². The maximum atomic E-state index is 13.2. The Balaban J connectivity index is 1.57. The number of nitrogens with one attached hydrogen (secondary N) is 1. The second kappa shape index (κ2) is 7.02. The van der Waals surface area contributed by atoms with Crippen molar-refractivity contribution < 1.29 is 19.4 Å². The average molecular weight is 358 g/mol. The number of aliphatic hydroxyl groups is 1. The minimum Gasteiger partial charge on any atom is -0.394 e. The monoisotopic (exact) mass is 358 g/mol. The summed E-state index contributed by atoms with van der Waals surface area (Å²) in [5, 5.41) is 10.1. The molecular formula is C20H26N2O4. The van der Waals surface area contributed by atoms with Gasteiger partial charge in [-0.15, -0.1) is 0 Å². The molecule has 1 amide bonds. The summed E-state index contributed by atoms with van der Waals surface area (Å²) in [5.74, 6) is 0.0493. The number of fused-ring (bicyclic) bond motifs is 2. The molecule has 2 N–H and O–H groups in total. The van der Waals surface area contributed by atoms with Crippen LogP contribution in [0.3, 0.4) is 0 Å². The highest BCUT2D eigenvalue weighted by Gasteiger charge is 2.52. The van der Waals surface area contributed by atoms with Gasteiger partial charge in [0.05, 0.1) is 31.0 Å². The minimum atomic E-state index is -0.273. The van der Waals surface area contributed by atoms with Gasteiger partial charge in [0.2, 0.25) is 0 Å². The summed E-state index contributed by atoms with van der Waals surface area (Å²) in [6.07, 6.45) is 5.34. The van der Waals surface area contributed by atoms with Crippen LogP contribution in [0.1, 0.15) is 36.0 Å². The molecule has 0 radical (unpaired) electrons. The van der Waals surface area contributed by atoms with E-state index in [1.54, 1.807) is 7.11 Å². The van der Waals surface area contributed by atoms with Gasteiger partial charge in [-0.25, -0.2) is 0 Å². The normalized spacial score (nSPS) is 28.5. The second-order valence-corrected chi connectivity index (χ2v) is 7.30. The number of carbonyl (C=O) groups is 1. The van der Waals surface area contributed by atoms with Crippen molar-refractivity contribution >= 4 is 16.8 Å². The van der Waals surface area contributed by atoms with Crippen molar-refractivity contribution in [3.05, 3.63) is 36.0 Å². The van der Waals surface area contributed by atoms with E-state index in [0.29, 0.717) is 18.7 Å². The van der Waals surface area contributed by atoms with Crippen LogP contribution < -0.4 is 0 Å². The van der Waals surface area contributed by atoms with Gasteiger partial charge in [-0.2, -0.15) is 0 Å². The maximum absolute atomic E-state index is 13.2. The van der Waals surface area contributed by atoms with Gasteiger partial charge in [0, 0.05) is 30.9 Å². The van der Waals surface area contributed by atoms with E-state index in [0.717, 1.165) is 36.6 Å². The Labute approximate surface area is 153 Å². The second-order valence-electron chi connectivity index (χ2n) is 7.30. The lowest BCUT2D eigenvalue weighted by Crippen LogP contribution is -2.53. The van der Waals surface area contributed by atoms with E-state index in [2.05, 4.69) is 4.98 Å². The maximum Gasteiger partial charge on any atom is 0.254 e. The molecule has 0 spiro atoms. The molecule has 1 aliphatic carbocycles. The number of likely N-dealkylation sites (tertiary alicyclic amines) is 1. The van der Waals surface area contributed by atoms with Crippen molar-refractivity contribution in [3.8, 4) is 0 Å². The molecule has 2 fully saturated rings. The largest absolute Gasteiger partial charge is 0.394 e. The number of rotatable bonds is 5. The average Bonchev–Trinajstić information content (AvgIpc) is 3.29. The number of amides is 1. The number of hydrogen-bond donors (Lipinski definition) is 2. The zero-order valence-electron chi connectivity index (χ0n) is 15.1. The zero-order valence-corrected chi connectivity index (χ0v) is 15.1. The quantitative estimate of drug-likeness (QED) is 0.860. The number of hydrogen-bond acceptors (Lipinski definition) is 4. The first kappa shape index (κ1) is 17.5. The van der Waals surface area contributed by atoms with Gasteiger partial charge in [0.15, 0.2) is 0 Å². The van der Waals surface area contributed by atoms with Gasteiger partial charge in [-0.1, -0.05) is 6.07 Å². The zero-order chi connectivity index (χ0) is 18.1. The van der Waals surface area contributed by atoms with Gasteiger partial charge in [0.25, 0.3) is 5.91 Å². The summed E-state index contributed by atoms with van der Waals surface area (Å²) in [7, 11) is 1.75. The van der Waals surface area contributed by atoms with Crippen LogP contribution in [0.4, 0.5) is 0 Å². The molecule has 2 aromatic rings. The highest BCUT2D eigenvalue weighted by atomic mass is 16.5. The highest BCUT2D eigenvalue weighted by Crippen LogP contribution is 2.43. The van der Waals surface area contributed by atoms with Crippen LogP contribution in [-0.2, 0) is 9.47 Å². The van der Waals surface area contributed by atoms with Gasteiger partial charge in [-0.05, 0) is 49.3 Å². The van der Waals surface area contributed by atoms with Crippen molar-refractivity contribution in [1.29, 1.82) is 0 Å². The lowest BCUT2D eigenvalue weighted by atomic mass is 9.79. The lowest BCUT2D eigenvalue weighted by Gasteiger charge is -2.43. The van der Waals surface area contributed by atoms with Crippen molar-refractivity contribution in [1.82, 2.24) is 9.88 Å². The summed E-state index contributed by atoms with van der Waals surface area (Å²) in [6, 6.07) is 7.81. The summed E-state index contributed by atoms with van der Waals surface area (Å²) in [4.78, 5) is 18.4. The summed E-state index contributed by atoms with van der Waals surface area (Å²) >= 11 is 0. The van der Waals surface area contributed by atoms with Crippen LogP contribution in [0.5, 0.6) is 0 Å². The fourth-order valence-electron chi connectivity index (χ4n) is 4.62. The van der Waals surface area contributed by atoms with Crippen molar-refractivity contribution in [2.24, 2.45) is 0 Å². The van der Waals surface area contributed by atoms with Crippen LogP contribution in [-0.4, -0.2) is 65.5 Å². The van der Waals surface area contributed by atoms with E-state index in [-0.39, 0.29) is 30.3 Å². The van der Waals surface area contributed by atoms with Gasteiger partial charge in [-0.3, -0.25) is 4.79 Å². The fraction of sp³-hybridized carbons (Fsp3) is 0.550. The van der Waals surface area contributed by atoms with Crippen LogP contribution in [0, 0.1) is 0 Å². The van der Waals surface area contributed by atoms with E-state index in [4.69, 9.17) is 14.6 Å². The summed E-state index contributed by atoms with van der Waals surface area (Å²) in [5.41, 5.74) is 1.40. The molecule has 26 heavy (non-hydrogen) atoms. The number of benzene rings is 1. The Morgan fingerprint density at radius 1 is 1.38 bits per heavy atom. The Morgan fingerprint density at radius 3 is 3.08 bits per heavy atom. The molecular weight excluding hydrogens is 332 g/mol. The Hall–Kier alpha value is -1.89. The molecule has 1 saturated carbocycles. The first-order valence-electron chi connectivity index (χ1n) is 9.32. The number of H-pyrrole nitrogens is 1. The number of nitrogens with zero attached hydrogens (tertiary/aromatic N) is 1. The van der Waals surface area contributed by atoms with Crippen LogP contribution in [0.25, 0.3) is 10.9 Å². The smallest absolute Gasteiger partial charge is 0.254 e. The molecule has 1 aliphatic heterocycles. The number of carbonyl (C=O) groups excluding carboxylic acids is 1. The predicted molar refractivity (Wildman–Crippen MR) is 98.2 cm³/mol. The lowest BCUT2D eigenvalue weighted by molar-refractivity contribution is -0.0992. The first-order chi connectivity index (χ1) is 12.7. The molecule has 3 atom stereocenters. The summed E-state index contributed by atoms with van der Waals surface area (Å²) in [6.45, 7) is 1.07. The number of aromatic amines is 1. The van der Waals surface area contributed by atoms with E-state index in [9.17, 15) is 4.79 Å². The van der Waals surface area contributed by atoms with Gasteiger partial charge < -0.3 is 24.5 Å². The molecule has 0 bridgehead atoms. The first-order valence-corrected chi connectivity index (χ1v) is 9.32. The van der Waals surface area contributed by atoms with E-state index >= 15 is 0 Å². The molecule has 140 valence electrons. The van der Waals surface area contributed by atoms with Crippen molar-refractivity contribution in [3.63, 3.8) is 0 Å². The van der Waals surface area contributed by atoms with Crippen LogP contribution >= 0.6 is 0 Å². The number of ether oxygens (including phenoxy) is 2. The molecule has 2 aliphatic rings. The Bertz CT molecular complexity index is 789. The molecule has 1 aromatic carbocycles. The standard InChI is InChI=1S/C20H26N2O4/c1-25-20-6-4-16(26-11-10-23)13-18(20)22(9-7-20)19(24)15-3-2-14-5-8-21-17(14)12-15/h2-3,5,8,12,16,18,21,23H,4,6-7,9-11,13H2,1H3/t16-,18+,20-/m1/s1. The van der Waals surface area contributed by atoms with Gasteiger partial charge in [0.1, 0.15) is 0 Å². The molecule has 0 unspecified atom stereocenters. The number of aromatic nitrogens is 1.